The summed E-state index contributed by atoms with van der Waals surface area (Å²) in [6.45, 7) is 1.57. The summed E-state index contributed by atoms with van der Waals surface area (Å²) < 4.78 is 26.8. The van der Waals surface area contributed by atoms with Gasteiger partial charge >= 0.3 is 0 Å². The molecule has 2 aliphatic rings. The lowest BCUT2D eigenvalue weighted by atomic mass is 10.2. The molecule has 1 saturated heterocycles. The third kappa shape index (κ3) is 2.92. The van der Waals surface area contributed by atoms with Crippen LogP contribution in [0, 0.1) is 0 Å². The second-order valence-corrected chi connectivity index (χ2v) is 6.60. The van der Waals surface area contributed by atoms with Crippen LogP contribution in [-0.4, -0.2) is 32.8 Å². The van der Waals surface area contributed by atoms with E-state index < -0.39 is 10.0 Å². The Hall–Kier alpha value is -0.130. The van der Waals surface area contributed by atoms with Crippen LogP contribution in [0.5, 0.6) is 0 Å². The van der Waals surface area contributed by atoms with Crippen molar-refractivity contribution in [1.82, 2.24) is 10.0 Å². The Kier molecular flexibility index (Phi) is 3.64. The molecule has 0 aromatic heterocycles. The Morgan fingerprint density at radius 2 is 1.80 bits per heavy atom. The fourth-order valence-electron chi connectivity index (χ4n) is 2.46. The molecule has 2 rings (SSSR count). The molecule has 5 heteroatoms. The molecule has 88 valence electrons. The molecule has 0 aromatic carbocycles. The normalized spacial score (nSPS) is 29.5. The van der Waals surface area contributed by atoms with E-state index in [1.54, 1.807) is 0 Å². The first kappa shape index (κ1) is 11.4. The number of piperidine rings is 1. The molecule has 1 aliphatic carbocycles. The van der Waals surface area contributed by atoms with Gasteiger partial charge in [0.1, 0.15) is 0 Å². The summed E-state index contributed by atoms with van der Waals surface area (Å²) in [5.41, 5.74) is 0. The average Bonchev–Trinajstić information content (AvgIpc) is 2.71. The van der Waals surface area contributed by atoms with Crippen LogP contribution in [0.4, 0.5) is 0 Å². The Bertz CT molecular complexity index is 291. The molecule has 0 amide bonds. The SMILES string of the molecule is O=S(=O)(NC1CCCC1)[C@H]1CCCNC1. The van der Waals surface area contributed by atoms with E-state index in [4.69, 9.17) is 0 Å². The highest BCUT2D eigenvalue weighted by molar-refractivity contribution is 7.90. The predicted molar refractivity (Wildman–Crippen MR) is 60.2 cm³/mol. The highest BCUT2D eigenvalue weighted by Crippen LogP contribution is 2.20. The van der Waals surface area contributed by atoms with Gasteiger partial charge in [-0.1, -0.05) is 12.8 Å². The van der Waals surface area contributed by atoms with Gasteiger partial charge in [-0.3, -0.25) is 0 Å². The van der Waals surface area contributed by atoms with Crippen molar-refractivity contribution >= 4 is 10.0 Å². The molecule has 0 bridgehead atoms. The lowest BCUT2D eigenvalue weighted by Crippen LogP contribution is -2.46. The minimum atomic E-state index is -3.08. The molecular formula is C10H20N2O2S. The molecule has 1 aliphatic heterocycles. The van der Waals surface area contributed by atoms with Gasteiger partial charge in [-0.05, 0) is 32.2 Å². The van der Waals surface area contributed by atoms with Gasteiger partial charge in [0.2, 0.25) is 10.0 Å². The lowest BCUT2D eigenvalue weighted by Gasteiger charge is -2.24. The van der Waals surface area contributed by atoms with Crippen LogP contribution >= 0.6 is 0 Å². The topological polar surface area (TPSA) is 58.2 Å². The zero-order valence-corrected chi connectivity index (χ0v) is 9.85. The number of hydrogen-bond donors (Lipinski definition) is 2. The molecule has 4 nitrogen and oxygen atoms in total. The molecule has 0 unspecified atom stereocenters. The second-order valence-electron chi connectivity index (χ2n) is 4.61. The largest absolute Gasteiger partial charge is 0.315 e. The van der Waals surface area contributed by atoms with Crippen molar-refractivity contribution in [3.05, 3.63) is 0 Å². The Morgan fingerprint density at radius 1 is 1.07 bits per heavy atom. The zero-order valence-electron chi connectivity index (χ0n) is 9.04. The maximum atomic E-state index is 12.0. The summed E-state index contributed by atoms with van der Waals surface area (Å²) >= 11 is 0. The van der Waals surface area contributed by atoms with Crippen molar-refractivity contribution < 1.29 is 8.42 Å². The Morgan fingerprint density at radius 3 is 2.40 bits per heavy atom. The van der Waals surface area contributed by atoms with E-state index in [-0.39, 0.29) is 11.3 Å². The molecule has 2 N–H and O–H groups in total. The van der Waals surface area contributed by atoms with E-state index in [2.05, 4.69) is 10.0 Å². The molecule has 1 saturated carbocycles. The molecule has 0 radical (unpaired) electrons. The van der Waals surface area contributed by atoms with E-state index in [0.717, 1.165) is 45.1 Å². The first-order chi connectivity index (χ1) is 7.18. The van der Waals surface area contributed by atoms with E-state index in [9.17, 15) is 8.42 Å². The van der Waals surface area contributed by atoms with Crippen LogP contribution in [0.15, 0.2) is 0 Å². The number of sulfonamides is 1. The Labute approximate surface area is 91.9 Å². The number of nitrogens with one attached hydrogen (secondary N) is 2. The van der Waals surface area contributed by atoms with Crippen molar-refractivity contribution in [3.8, 4) is 0 Å². The number of rotatable bonds is 3. The van der Waals surface area contributed by atoms with Crippen LogP contribution in [-0.2, 0) is 10.0 Å². The molecule has 0 aromatic rings. The first-order valence-electron chi connectivity index (χ1n) is 5.90. The van der Waals surface area contributed by atoms with E-state index >= 15 is 0 Å². The zero-order chi connectivity index (χ0) is 10.7. The monoisotopic (exact) mass is 232 g/mol. The van der Waals surface area contributed by atoms with E-state index in [0.29, 0.717) is 6.54 Å². The molecule has 2 fully saturated rings. The number of hydrogen-bond acceptors (Lipinski definition) is 3. The van der Waals surface area contributed by atoms with Crippen molar-refractivity contribution in [3.63, 3.8) is 0 Å². The van der Waals surface area contributed by atoms with Crippen molar-refractivity contribution in [1.29, 1.82) is 0 Å². The second kappa shape index (κ2) is 4.80. The van der Waals surface area contributed by atoms with Gasteiger partial charge in [0.25, 0.3) is 0 Å². The van der Waals surface area contributed by atoms with Crippen LogP contribution in [0.25, 0.3) is 0 Å². The van der Waals surface area contributed by atoms with Gasteiger partial charge in [-0.25, -0.2) is 13.1 Å². The van der Waals surface area contributed by atoms with Crippen LogP contribution < -0.4 is 10.0 Å². The van der Waals surface area contributed by atoms with Crippen molar-refractivity contribution in [2.45, 2.75) is 49.8 Å². The van der Waals surface area contributed by atoms with Gasteiger partial charge < -0.3 is 5.32 Å². The van der Waals surface area contributed by atoms with Crippen molar-refractivity contribution in [2.24, 2.45) is 0 Å². The minimum absolute atomic E-state index is 0.205. The molecule has 0 spiro atoms. The van der Waals surface area contributed by atoms with Crippen molar-refractivity contribution in [2.75, 3.05) is 13.1 Å². The van der Waals surface area contributed by atoms with Gasteiger partial charge in [0.15, 0.2) is 0 Å². The van der Waals surface area contributed by atoms with Gasteiger partial charge in [0, 0.05) is 12.6 Å². The van der Waals surface area contributed by atoms with Gasteiger partial charge in [0.05, 0.1) is 5.25 Å². The quantitative estimate of drug-likeness (QED) is 0.749. The third-order valence-corrected chi connectivity index (χ3v) is 5.32. The van der Waals surface area contributed by atoms with Crippen LogP contribution in [0.3, 0.4) is 0 Å². The lowest BCUT2D eigenvalue weighted by molar-refractivity contribution is 0.481. The standard InChI is InChI=1S/C10H20N2O2S/c13-15(14,10-6-3-7-11-8-10)12-9-4-1-2-5-9/h9-12H,1-8H2/t10-/m0/s1. The van der Waals surface area contributed by atoms with Crippen LogP contribution in [0.2, 0.25) is 0 Å². The summed E-state index contributed by atoms with van der Waals surface area (Å²) in [4.78, 5) is 0. The van der Waals surface area contributed by atoms with Gasteiger partial charge in [-0.15, -0.1) is 0 Å². The predicted octanol–water partition coefficient (Wildman–Crippen LogP) is 0.600. The third-order valence-electron chi connectivity index (χ3n) is 3.38. The summed E-state index contributed by atoms with van der Waals surface area (Å²) in [6.07, 6.45) is 6.12. The maximum Gasteiger partial charge on any atom is 0.215 e. The summed E-state index contributed by atoms with van der Waals surface area (Å²) in [7, 11) is -3.08. The smallest absolute Gasteiger partial charge is 0.215 e. The van der Waals surface area contributed by atoms with E-state index in [1.807, 2.05) is 0 Å². The highest BCUT2D eigenvalue weighted by Gasteiger charge is 2.30. The summed E-state index contributed by atoms with van der Waals surface area (Å²) in [5, 5.41) is 2.93. The average molecular weight is 232 g/mol. The van der Waals surface area contributed by atoms with E-state index in [1.165, 1.54) is 0 Å². The summed E-state index contributed by atoms with van der Waals surface area (Å²) in [5.74, 6) is 0. The molecular weight excluding hydrogens is 212 g/mol. The Balaban J connectivity index is 1.92. The van der Waals surface area contributed by atoms with Crippen LogP contribution in [0.1, 0.15) is 38.5 Å². The molecule has 15 heavy (non-hydrogen) atoms. The fourth-order valence-corrected chi connectivity index (χ4v) is 4.16. The minimum Gasteiger partial charge on any atom is -0.315 e. The summed E-state index contributed by atoms with van der Waals surface area (Å²) in [6, 6.07) is 0.205. The molecule has 1 atom stereocenters. The fraction of sp³-hybridized carbons (Fsp3) is 1.00. The highest BCUT2D eigenvalue weighted by atomic mass is 32.2. The maximum absolute atomic E-state index is 12.0. The molecule has 1 heterocycles. The van der Waals surface area contributed by atoms with Gasteiger partial charge in [-0.2, -0.15) is 0 Å². The first-order valence-corrected chi connectivity index (χ1v) is 7.45.